The van der Waals surface area contributed by atoms with Crippen LogP contribution in [0.5, 0.6) is 5.75 Å². The summed E-state index contributed by atoms with van der Waals surface area (Å²) in [7, 11) is 1.65. The maximum atomic E-state index is 5.96. The molecular weight excluding hydrogens is 260 g/mol. The molecule has 3 aromatic heterocycles. The van der Waals surface area contributed by atoms with Gasteiger partial charge in [-0.3, -0.25) is 10.1 Å². The molecule has 3 aromatic rings. The van der Waals surface area contributed by atoms with Gasteiger partial charge in [0.2, 0.25) is 0 Å². The molecule has 3 rings (SSSR count). The Morgan fingerprint density at radius 1 is 1.37 bits per heavy atom. The lowest BCUT2D eigenvalue weighted by molar-refractivity contribution is 0.418. The predicted molar refractivity (Wildman–Crippen MR) is 76.1 cm³/mol. The van der Waals surface area contributed by atoms with Crippen molar-refractivity contribution in [2.24, 2.45) is 0 Å². The molecule has 96 valence electrons. The fraction of sp³-hybridized carbons (Fsp3) is 0.0769. The SMILES string of the molecule is COc1ccsc1-c1[nH]nc(N)c1-c1cccnc1. The first-order valence-corrected chi connectivity index (χ1v) is 6.55. The number of hydrogen-bond donors (Lipinski definition) is 2. The van der Waals surface area contributed by atoms with Crippen LogP contribution in [0.25, 0.3) is 21.7 Å². The lowest BCUT2D eigenvalue weighted by Crippen LogP contribution is -1.89. The number of methoxy groups -OCH3 is 1. The van der Waals surface area contributed by atoms with Gasteiger partial charge in [0.1, 0.15) is 5.75 Å². The first-order valence-electron chi connectivity index (χ1n) is 5.67. The van der Waals surface area contributed by atoms with E-state index in [1.54, 1.807) is 30.8 Å². The van der Waals surface area contributed by atoms with Gasteiger partial charge in [0, 0.05) is 18.0 Å². The van der Waals surface area contributed by atoms with Crippen molar-refractivity contribution in [1.29, 1.82) is 0 Å². The number of nitrogens with one attached hydrogen (secondary N) is 1. The fourth-order valence-corrected chi connectivity index (χ4v) is 2.82. The summed E-state index contributed by atoms with van der Waals surface area (Å²) < 4.78 is 5.35. The number of aromatic amines is 1. The number of H-pyrrole nitrogens is 1. The Hall–Kier alpha value is -2.34. The third-order valence-corrected chi connectivity index (χ3v) is 3.73. The summed E-state index contributed by atoms with van der Waals surface area (Å²) in [5.41, 5.74) is 8.61. The molecule has 3 heterocycles. The molecule has 0 atom stereocenters. The van der Waals surface area contributed by atoms with E-state index in [1.807, 2.05) is 23.6 Å². The molecule has 6 heteroatoms. The topological polar surface area (TPSA) is 76.8 Å². The number of rotatable bonds is 3. The van der Waals surface area contributed by atoms with E-state index in [1.165, 1.54) is 0 Å². The maximum absolute atomic E-state index is 5.96. The second-order valence-electron chi connectivity index (χ2n) is 3.92. The van der Waals surface area contributed by atoms with E-state index < -0.39 is 0 Å². The van der Waals surface area contributed by atoms with Crippen LogP contribution in [0.2, 0.25) is 0 Å². The van der Waals surface area contributed by atoms with Crippen molar-refractivity contribution >= 4 is 17.2 Å². The molecule has 0 saturated heterocycles. The van der Waals surface area contributed by atoms with Gasteiger partial charge in [-0.25, -0.2) is 0 Å². The van der Waals surface area contributed by atoms with Crippen LogP contribution in [0.15, 0.2) is 36.0 Å². The number of pyridine rings is 1. The number of nitrogen functional groups attached to an aromatic ring is 1. The Morgan fingerprint density at radius 2 is 2.26 bits per heavy atom. The zero-order chi connectivity index (χ0) is 13.2. The average Bonchev–Trinajstić information content (AvgIpc) is 3.05. The van der Waals surface area contributed by atoms with Crippen molar-refractivity contribution < 1.29 is 4.74 Å². The van der Waals surface area contributed by atoms with Gasteiger partial charge in [-0.15, -0.1) is 11.3 Å². The normalized spacial score (nSPS) is 10.6. The van der Waals surface area contributed by atoms with Crippen LogP contribution in [-0.2, 0) is 0 Å². The van der Waals surface area contributed by atoms with Crippen LogP contribution >= 0.6 is 11.3 Å². The first-order chi connectivity index (χ1) is 9.31. The number of thiophene rings is 1. The molecule has 0 amide bonds. The number of nitrogens with two attached hydrogens (primary N) is 1. The summed E-state index contributed by atoms with van der Waals surface area (Å²) in [5, 5.41) is 9.05. The molecule has 0 radical (unpaired) electrons. The molecule has 0 saturated carbocycles. The van der Waals surface area contributed by atoms with Crippen molar-refractivity contribution in [2.45, 2.75) is 0 Å². The van der Waals surface area contributed by atoms with Gasteiger partial charge in [-0.05, 0) is 17.5 Å². The Labute approximate surface area is 114 Å². The van der Waals surface area contributed by atoms with E-state index >= 15 is 0 Å². The van der Waals surface area contributed by atoms with Crippen LogP contribution in [0.4, 0.5) is 5.82 Å². The summed E-state index contributed by atoms with van der Waals surface area (Å²) in [6, 6.07) is 5.75. The lowest BCUT2D eigenvalue weighted by Gasteiger charge is -2.04. The monoisotopic (exact) mass is 272 g/mol. The first kappa shape index (κ1) is 11.7. The summed E-state index contributed by atoms with van der Waals surface area (Å²) in [4.78, 5) is 5.10. The highest BCUT2D eigenvalue weighted by atomic mass is 32.1. The van der Waals surface area contributed by atoms with Crippen LogP contribution in [0.1, 0.15) is 0 Å². The van der Waals surface area contributed by atoms with Gasteiger partial charge in [0.05, 0.1) is 23.2 Å². The molecule has 19 heavy (non-hydrogen) atoms. The minimum Gasteiger partial charge on any atom is -0.495 e. The fourth-order valence-electron chi connectivity index (χ4n) is 1.96. The van der Waals surface area contributed by atoms with E-state index in [0.29, 0.717) is 5.82 Å². The van der Waals surface area contributed by atoms with E-state index in [4.69, 9.17) is 10.5 Å². The minimum atomic E-state index is 0.457. The second kappa shape index (κ2) is 4.74. The number of anilines is 1. The third kappa shape index (κ3) is 1.96. The highest BCUT2D eigenvalue weighted by molar-refractivity contribution is 7.14. The van der Waals surface area contributed by atoms with Crippen LogP contribution < -0.4 is 10.5 Å². The van der Waals surface area contributed by atoms with E-state index in [-0.39, 0.29) is 0 Å². The van der Waals surface area contributed by atoms with Gasteiger partial charge in [-0.2, -0.15) is 5.10 Å². The molecule has 3 N–H and O–H groups in total. The number of ether oxygens (including phenoxy) is 1. The van der Waals surface area contributed by atoms with Crippen molar-refractivity contribution in [3.63, 3.8) is 0 Å². The van der Waals surface area contributed by atoms with Gasteiger partial charge >= 0.3 is 0 Å². The lowest BCUT2D eigenvalue weighted by atomic mass is 10.1. The highest BCUT2D eigenvalue weighted by Gasteiger charge is 2.18. The average molecular weight is 272 g/mol. The largest absolute Gasteiger partial charge is 0.495 e. The van der Waals surface area contributed by atoms with Crippen molar-refractivity contribution in [2.75, 3.05) is 12.8 Å². The maximum Gasteiger partial charge on any atom is 0.153 e. The predicted octanol–water partition coefficient (Wildman–Crippen LogP) is 2.79. The summed E-state index contributed by atoms with van der Waals surface area (Å²) >= 11 is 1.58. The Bertz CT molecular complexity index is 690. The smallest absolute Gasteiger partial charge is 0.153 e. The molecule has 0 bridgehead atoms. The number of hydrogen-bond acceptors (Lipinski definition) is 5. The molecule has 0 fully saturated rings. The van der Waals surface area contributed by atoms with Gasteiger partial charge in [-0.1, -0.05) is 6.07 Å². The molecule has 0 unspecified atom stereocenters. The second-order valence-corrected chi connectivity index (χ2v) is 4.83. The summed E-state index contributed by atoms with van der Waals surface area (Å²) in [6.07, 6.45) is 3.50. The molecule has 0 aliphatic carbocycles. The molecule has 5 nitrogen and oxygen atoms in total. The Balaban J connectivity index is 2.20. The quantitative estimate of drug-likeness (QED) is 0.768. The number of aromatic nitrogens is 3. The van der Waals surface area contributed by atoms with Crippen LogP contribution in [-0.4, -0.2) is 22.3 Å². The standard InChI is InChI=1S/C13H12N4OS/c1-18-9-4-6-19-12(9)11-10(13(14)17-16-11)8-3-2-5-15-7-8/h2-7H,1H3,(H3,14,16,17). The molecule has 0 aliphatic rings. The zero-order valence-electron chi connectivity index (χ0n) is 10.3. The summed E-state index contributed by atoms with van der Waals surface area (Å²) in [6.45, 7) is 0. The highest BCUT2D eigenvalue weighted by Crippen LogP contribution is 2.41. The van der Waals surface area contributed by atoms with Crippen molar-refractivity contribution in [1.82, 2.24) is 15.2 Å². The third-order valence-electron chi connectivity index (χ3n) is 2.82. The molecule has 0 spiro atoms. The zero-order valence-corrected chi connectivity index (χ0v) is 11.1. The van der Waals surface area contributed by atoms with Crippen molar-refractivity contribution in [3.8, 4) is 27.4 Å². The number of nitrogens with zero attached hydrogens (tertiary/aromatic N) is 2. The van der Waals surface area contributed by atoms with Gasteiger partial charge < -0.3 is 10.5 Å². The molecule has 0 aliphatic heterocycles. The van der Waals surface area contributed by atoms with E-state index in [9.17, 15) is 0 Å². The van der Waals surface area contributed by atoms with Crippen LogP contribution in [0, 0.1) is 0 Å². The van der Waals surface area contributed by atoms with Crippen molar-refractivity contribution in [3.05, 3.63) is 36.0 Å². The molecular formula is C13H12N4OS. The molecule has 0 aromatic carbocycles. The van der Waals surface area contributed by atoms with Crippen LogP contribution in [0.3, 0.4) is 0 Å². The Morgan fingerprint density at radius 3 is 3.00 bits per heavy atom. The van der Waals surface area contributed by atoms with E-state index in [0.717, 1.165) is 27.4 Å². The minimum absolute atomic E-state index is 0.457. The van der Waals surface area contributed by atoms with Gasteiger partial charge in [0.15, 0.2) is 5.82 Å². The van der Waals surface area contributed by atoms with Gasteiger partial charge in [0.25, 0.3) is 0 Å². The van der Waals surface area contributed by atoms with E-state index in [2.05, 4.69) is 15.2 Å². The summed E-state index contributed by atoms with van der Waals surface area (Å²) in [5.74, 6) is 1.26. The Kier molecular flexibility index (Phi) is 2.92.